The molecule has 30 heavy (non-hydrogen) atoms. The van der Waals surface area contributed by atoms with Crippen LogP contribution in [0.2, 0.25) is 0 Å². The van der Waals surface area contributed by atoms with Crippen molar-refractivity contribution in [1.82, 2.24) is 9.97 Å². The highest BCUT2D eigenvalue weighted by Gasteiger charge is 2.31. The van der Waals surface area contributed by atoms with E-state index < -0.39 is 12.7 Å². The van der Waals surface area contributed by atoms with Gasteiger partial charge in [-0.15, -0.1) is 26.3 Å². The van der Waals surface area contributed by atoms with Crippen LogP contribution in [0, 0.1) is 0 Å². The van der Waals surface area contributed by atoms with Crippen molar-refractivity contribution in [2.75, 3.05) is 11.5 Å². The smallest absolute Gasteiger partial charge is 0.406 e. The van der Waals surface area contributed by atoms with Gasteiger partial charge in [-0.25, -0.2) is 9.97 Å². The number of aromatic nitrogens is 2. The molecular weight excluding hydrogens is 458 g/mol. The molecule has 4 rings (SSSR count). The van der Waals surface area contributed by atoms with E-state index in [9.17, 15) is 26.3 Å². The van der Waals surface area contributed by atoms with Crippen LogP contribution in [0.25, 0.3) is 20.4 Å². The summed E-state index contributed by atoms with van der Waals surface area (Å²) in [6.07, 6.45) is -9.35. The van der Waals surface area contributed by atoms with E-state index in [1.807, 2.05) is 0 Å². The molecule has 0 aliphatic heterocycles. The fourth-order valence-corrected chi connectivity index (χ4v) is 3.77. The van der Waals surface area contributed by atoms with Crippen LogP contribution < -0.4 is 20.9 Å². The molecule has 2 heterocycles. The number of nitrogens with zero attached hydrogens (tertiary/aromatic N) is 2. The molecule has 0 amide bonds. The summed E-state index contributed by atoms with van der Waals surface area (Å²) >= 11 is 2.22. The first-order chi connectivity index (χ1) is 13.9. The molecule has 0 saturated carbocycles. The molecule has 0 fully saturated rings. The van der Waals surface area contributed by atoms with Crippen LogP contribution in [0.5, 0.6) is 11.5 Å². The maximum atomic E-state index is 11.9. The summed E-state index contributed by atoms with van der Waals surface area (Å²) < 4.78 is 80.0. The maximum Gasteiger partial charge on any atom is 0.573 e. The molecule has 0 aliphatic rings. The minimum Gasteiger partial charge on any atom is -0.406 e. The average molecular weight is 468 g/mol. The fourth-order valence-electron chi connectivity index (χ4n) is 2.24. The second kappa shape index (κ2) is 8.02. The number of nitrogens with two attached hydrogens (primary N) is 2. The molecule has 0 spiro atoms. The lowest BCUT2D eigenvalue weighted by atomic mass is 10.3. The quantitative estimate of drug-likeness (QED) is 0.374. The minimum atomic E-state index is -4.68. The highest BCUT2D eigenvalue weighted by atomic mass is 32.1. The van der Waals surface area contributed by atoms with Crippen LogP contribution in [0.15, 0.2) is 36.4 Å². The number of nitrogen functional groups attached to an aromatic ring is 2. The van der Waals surface area contributed by atoms with Gasteiger partial charge in [0.25, 0.3) is 0 Å². The van der Waals surface area contributed by atoms with Gasteiger partial charge < -0.3 is 20.9 Å². The summed E-state index contributed by atoms with van der Waals surface area (Å²) in [5, 5.41) is 0.628. The third-order valence-corrected chi connectivity index (χ3v) is 4.91. The Hall–Kier alpha value is -3.00. The average Bonchev–Trinajstić information content (AvgIpc) is 3.12. The Morgan fingerprint density at radius 3 is 1.37 bits per heavy atom. The van der Waals surface area contributed by atoms with Crippen LogP contribution in [-0.4, -0.2) is 22.7 Å². The Morgan fingerprint density at radius 1 is 0.667 bits per heavy atom. The van der Waals surface area contributed by atoms with Crippen LogP contribution in [-0.2, 0) is 0 Å². The number of thiazole rings is 2. The van der Waals surface area contributed by atoms with Gasteiger partial charge in [0.05, 0.1) is 20.4 Å². The molecule has 160 valence electrons. The number of rotatable bonds is 2. The molecule has 0 saturated heterocycles. The Kier molecular flexibility index (Phi) is 5.81. The highest BCUT2D eigenvalue weighted by molar-refractivity contribution is 7.22. The molecule has 2 aromatic carbocycles. The molecule has 14 heteroatoms. The zero-order valence-electron chi connectivity index (χ0n) is 14.4. The normalized spacial score (nSPS) is 11.9. The summed E-state index contributed by atoms with van der Waals surface area (Å²) in [5.74, 6) is -0.530. The molecule has 4 aromatic rings. The number of anilines is 2. The SMILES string of the molecule is Nc1nc2ccc(OC(F)(F)F)cc2s1.Nc1nc2ccc(OC(F)(F)F)cc2s1. The van der Waals surface area contributed by atoms with Crippen molar-refractivity contribution in [1.29, 1.82) is 0 Å². The van der Waals surface area contributed by atoms with Crippen molar-refractivity contribution in [3.63, 3.8) is 0 Å². The topological polar surface area (TPSA) is 96.3 Å². The largest absolute Gasteiger partial charge is 0.573 e. The summed E-state index contributed by atoms with van der Waals surface area (Å²) in [7, 11) is 0. The Bertz CT molecular complexity index is 1080. The Balaban J connectivity index is 0.000000171. The molecular formula is C16H10F6N4O2S2. The molecule has 0 unspecified atom stereocenters. The van der Waals surface area contributed by atoms with Crippen molar-refractivity contribution in [2.24, 2.45) is 0 Å². The predicted octanol–water partition coefficient (Wildman–Crippen LogP) is 5.55. The van der Waals surface area contributed by atoms with Gasteiger partial charge in [-0.05, 0) is 24.3 Å². The van der Waals surface area contributed by atoms with Gasteiger partial charge in [-0.1, -0.05) is 22.7 Å². The van der Waals surface area contributed by atoms with Crippen molar-refractivity contribution < 1.29 is 35.8 Å². The van der Waals surface area contributed by atoms with E-state index in [4.69, 9.17) is 11.5 Å². The highest BCUT2D eigenvalue weighted by Crippen LogP contribution is 2.31. The molecule has 0 atom stereocenters. The molecule has 2 aromatic heterocycles. The van der Waals surface area contributed by atoms with Gasteiger partial charge in [0, 0.05) is 12.1 Å². The van der Waals surface area contributed by atoms with Crippen molar-refractivity contribution >= 4 is 53.4 Å². The number of alkyl halides is 6. The number of fused-ring (bicyclic) bond motifs is 2. The van der Waals surface area contributed by atoms with Gasteiger partial charge in [-0.3, -0.25) is 0 Å². The third kappa shape index (κ3) is 6.00. The molecule has 0 bridgehead atoms. The van der Waals surface area contributed by atoms with Crippen molar-refractivity contribution in [3.8, 4) is 11.5 Å². The third-order valence-electron chi connectivity index (χ3n) is 3.22. The second-order valence-corrected chi connectivity index (χ2v) is 7.58. The summed E-state index contributed by atoms with van der Waals surface area (Å²) in [6, 6.07) is 7.80. The monoisotopic (exact) mass is 468 g/mol. The van der Waals surface area contributed by atoms with E-state index in [-0.39, 0.29) is 11.5 Å². The molecule has 0 radical (unpaired) electrons. The zero-order chi connectivity index (χ0) is 22.1. The van der Waals surface area contributed by atoms with Gasteiger partial charge in [-0.2, -0.15) is 0 Å². The summed E-state index contributed by atoms with van der Waals surface area (Å²) in [5.41, 5.74) is 11.9. The molecule has 4 N–H and O–H groups in total. The predicted molar refractivity (Wildman–Crippen MR) is 101 cm³/mol. The number of benzene rings is 2. The molecule has 0 aliphatic carbocycles. The number of ether oxygens (including phenoxy) is 2. The first-order valence-corrected chi connectivity index (χ1v) is 9.35. The first-order valence-electron chi connectivity index (χ1n) is 7.71. The number of hydrogen-bond donors (Lipinski definition) is 2. The summed E-state index contributed by atoms with van der Waals surface area (Å²) in [4.78, 5) is 7.82. The van der Waals surface area contributed by atoms with Gasteiger partial charge in [0.2, 0.25) is 0 Å². The van der Waals surface area contributed by atoms with Gasteiger partial charge in [0.1, 0.15) is 11.5 Å². The van der Waals surface area contributed by atoms with Crippen LogP contribution in [0.3, 0.4) is 0 Å². The van der Waals surface area contributed by atoms with Crippen LogP contribution in [0.1, 0.15) is 0 Å². The van der Waals surface area contributed by atoms with E-state index in [0.29, 0.717) is 30.7 Å². The van der Waals surface area contributed by atoms with Crippen molar-refractivity contribution in [3.05, 3.63) is 36.4 Å². The van der Waals surface area contributed by atoms with Crippen LogP contribution >= 0.6 is 22.7 Å². The van der Waals surface area contributed by atoms with E-state index in [1.165, 1.54) is 36.4 Å². The Morgan fingerprint density at radius 2 is 1.03 bits per heavy atom. The number of halogens is 6. The fraction of sp³-hybridized carbons (Fsp3) is 0.125. The van der Waals surface area contributed by atoms with E-state index in [2.05, 4.69) is 19.4 Å². The zero-order valence-corrected chi connectivity index (χ0v) is 16.0. The van der Waals surface area contributed by atoms with E-state index in [1.54, 1.807) is 0 Å². The summed E-state index contributed by atoms with van der Waals surface area (Å²) in [6.45, 7) is 0. The van der Waals surface area contributed by atoms with E-state index in [0.717, 1.165) is 22.7 Å². The standard InChI is InChI=1S/2C8H5F3N2OS/c2*9-8(10,11)14-4-1-2-5-6(3-4)15-7(12)13-5/h2*1-3H,(H2,12,13). The Labute approximate surface area is 171 Å². The second-order valence-electron chi connectivity index (χ2n) is 5.46. The minimum absolute atomic E-state index is 0.265. The lowest BCUT2D eigenvalue weighted by Gasteiger charge is -2.07. The lowest BCUT2D eigenvalue weighted by Crippen LogP contribution is -2.16. The van der Waals surface area contributed by atoms with E-state index >= 15 is 0 Å². The molecule has 6 nitrogen and oxygen atoms in total. The number of hydrogen-bond acceptors (Lipinski definition) is 8. The maximum absolute atomic E-state index is 11.9. The van der Waals surface area contributed by atoms with Crippen LogP contribution in [0.4, 0.5) is 36.6 Å². The first kappa shape index (κ1) is 21.7. The van der Waals surface area contributed by atoms with Gasteiger partial charge in [0.15, 0.2) is 10.3 Å². The van der Waals surface area contributed by atoms with Crippen molar-refractivity contribution in [2.45, 2.75) is 12.7 Å². The van der Waals surface area contributed by atoms with Gasteiger partial charge >= 0.3 is 12.7 Å². The lowest BCUT2D eigenvalue weighted by molar-refractivity contribution is -0.275.